The second-order valence-corrected chi connectivity index (χ2v) is 9.19. The molecule has 5 rings (SSSR count). The monoisotopic (exact) mass is 477 g/mol. The summed E-state index contributed by atoms with van der Waals surface area (Å²) in [6, 6.07) is 11.2. The minimum absolute atomic E-state index is 0.104. The zero-order chi connectivity index (χ0) is 24.1. The summed E-state index contributed by atoms with van der Waals surface area (Å²) in [6.07, 6.45) is 7.71. The predicted molar refractivity (Wildman–Crippen MR) is 130 cm³/mol. The zero-order valence-corrected chi connectivity index (χ0v) is 20.0. The Kier molecular flexibility index (Phi) is 6.94. The fraction of sp³-hybridized carbons (Fsp3) is 0.462. The minimum atomic E-state index is -0.199. The Balaban J connectivity index is 1.16. The number of pyridine rings is 1. The maximum atomic E-state index is 12.9. The van der Waals surface area contributed by atoms with Crippen molar-refractivity contribution in [1.82, 2.24) is 20.0 Å². The van der Waals surface area contributed by atoms with Crippen molar-refractivity contribution < 1.29 is 18.8 Å². The molecule has 1 aromatic carbocycles. The van der Waals surface area contributed by atoms with E-state index in [2.05, 4.69) is 20.4 Å². The van der Waals surface area contributed by atoms with Crippen LogP contribution in [0, 0.1) is 5.92 Å². The third-order valence-electron chi connectivity index (χ3n) is 6.84. The normalized spacial score (nSPS) is 19.5. The highest BCUT2D eigenvalue weighted by atomic mass is 16.5. The predicted octanol–water partition coefficient (Wildman–Crippen LogP) is 4.57. The average Bonchev–Trinajstić information content (AvgIpc) is 3.35. The van der Waals surface area contributed by atoms with E-state index in [0.717, 1.165) is 37.7 Å². The van der Waals surface area contributed by atoms with E-state index in [9.17, 15) is 4.79 Å². The summed E-state index contributed by atoms with van der Waals surface area (Å²) in [5.74, 6) is 2.31. The van der Waals surface area contributed by atoms with E-state index in [4.69, 9.17) is 14.0 Å². The molecule has 2 fully saturated rings. The number of aromatic nitrogens is 3. The molecule has 0 radical (unpaired) electrons. The van der Waals surface area contributed by atoms with Crippen LogP contribution in [0.2, 0.25) is 0 Å². The summed E-state index contributed by atoms with van der Waals surface area (Å²) in [4.78, 5) is 23.5. The van der Waals surface area contributed by atoms with E-state index in [0.29, 0.717) is 55.4 Å². The highest BCUT2D eigenvalue weighted by molar-refractivity contribution is 5.91. The lowest BCUT2D eigenvalue weighted by molar-refractivity contribution is -0.123. The molecule has 1 atom stereocenters. The van der Waals surface area contributed by atoms with Crippen LogP contribution < -0.4 is 10.1 Å². The number of carbonyl (C=O) groups is 1. The lowest BCUT2D eigenvalue weighted by Gasteiger charge is -2.46. The van der Waals surface area contributed by atoms with Gasteiger partial charge in [0.1, 0.15) is 5.75 Å². The summed E-state index contributed by atoms with van der Waals surface area (Å²) in [5, 5.41) is 7.12. The molecule has 1 N–H and O–H groups in total. The van der Waals surface area contributed by atoms with Gasteiger partial charge in [-0.1, -0.05) is 17.3 Å². The first-order valence-electron chi connectivity index (χ1n) is 12.3. The van der Waals surface area contributed by atoms with Crippen molar-refractivity contribution in [1.29, 1.82) is 0 Å². The van der Waals surface area contributed by atoms with Crippen molar-refractivity contribution in [3.8, 4) is 17.1 Å². The molecule has 2 aliphatic rings. The van der Waals surface area contributed by atoms with E-state index in [1.165, 1.54) is 0 Å². The summed E-state index contributed by atoms with van der Waals surface area (Å²) < 4.78 is 17.5. The number of rotatable bonds is 6. The largest absolute Gasteiger partial charge is 0.492 e. The zero-order valence-electron chi connectivity index (χ0n) is 20.0. The minimum Gasteiger partial charge on any atom is -0.492 e. The molecule has 9 nitrogen and oxygen atoms in total. The van der Waals surface area contributed by atoms with Gasteiger partial charge in [-0.2, -0.15) is 4.98 Å². The van der Waals surface area contributed by atoms with Crippen molar-refractivity contribution in [2.45, 2.75) is 44.6 Å². The number of ether oxygens (including phenoxy) is 2. The van der Waals surface area contributed by atoms with Gasteiger partial charge in [0, 0.05) is 44.1 Å². The van der Waals surface area contributed by atoms with Crippen LogP contribution in [-0.4, -0.2) is 58.0 Å². The Bertz CT molecular complexity index is 1130. The first kappa shape index (κ1) is 23.3. The molecule has 4 heterocycles. The lowest BCUT2D eigenvalue weighted by atomic mass is 9.78. The lowest BCUT2D eigenvalue weighted by Crippen LogP contribution is -2.51. The van der Waals surface area contributed by atoms with Crippen LogP contribution in [0.3, 0.4) is 0 Å². The number of para-hydroxylation sites is 2. The topological polar surface area (TPSA) is 103 Å². The highest BCUT2D eigenvalue weighted by Gasteiger charge is 2.41. The third-order valence-corrected chi connectivity index (χ3v) is 6.84. The molecule has 2 amide bonds. The van der Waals surface area contributed by atoms with E-state index in [1.807, 2.05) is 48.2 Å². The molecular formula is C26H31N5O4. The number of urea groups is 1. The SMILES string of the molecule is CCOc1ccccc1NC(=O)N1CCC2(CC1)CC(Cc1nc(-c3cccnc3)no1)CCO2. The summed E-state index contributed by atoms with van der Waals surface area (Å²) in [7, 11) is 0. The van der Waals surface area contributed by atoms with Gasteiger partial charge in [0.15, 0.2) is 0 Å². The molecule has 9 heteroatoms. The van der Waals surface area contributed by atoms with Gasteiger partial charge in [-0.3, -0.25) is 4.98 Å². The van der Waals surface area contributed by atoms with Crippen LogP contribution in [-0.2, 0) is 11.2 Å². The second kappa shape index (κ2) is 10.4. The average molecular weight is 478 g/mol. The summed E-state index contributed by atoms with van der Waals surface area (Å²) in [6.45, 7) is 4.49. The van der Waals surface area contributed by atoms with E-state index in [-0.39, 0.29) is 11.6 Å². The van der Waals surface area contributed by atoms with E-state index in [1.54, 1.807) is 12.4 Å². The Morgan fingerprint density at radius 3 is 2.89 bits per heavy atom. The Labute approximate surface area is 204 Å². The number of benzene rings is 1. The molecule has 0 bridgehead atoms. The molecule has 2 aromatic heterocycles. The third kappa shape index (κ3) is 5.45. The van der Waals surface area contributed by atoms with Crippen molar-refractivity contribution >= 4 is 11.7 Å². The molecule has 1 unspecified atom stereocenters. The number of piperidine rings is 1. The van der Waals surface area contributed by atoms with Gasteiger partial charge in [0.05, 0.1) is 17.9 Å². The van der Waals surface area contributed by atoms with Crippen LogP contribution in [0.5, 0.6) is 5.75 Å². The van der Waals surface area contributed by atoms with Crippen LogP contribution in [0.25, 0.3) is 11.4 Å². The van der Waals surface area contributed by atoms with Gasteiger partial charge in [-0.05, 0) is 62.8 Å². The number of hydrogen-bond donors (Lipinski definition) is 1. The number of likely N-dealkylation sites (tertiary alicyclic amines) is 1. The Morgan fingerprint density at radius 2 is 2.09 bits per heavy atom. The number of nitrogens with zero attached hydrogens (tertiary/aromatic N) is 4. The standard InChI is InChI=1S/C26H31N5O4/c1-2-33-22-8-4-3-7-21(22)28-25(32)31-13-10-26(11-14-31)17-19(9-15-34-26)16-23-29-24(30-35-23)20-6-5-12-27-18-20/h3-8,12,18-19H,2,9-11,13-17H2,1H3,(H,28,32). The smallest absolute Gasteiger partial charge is 0.321 e. The molecule has 1 spiro atoms. The van der Waals surface area contributed by atoms with Gasteiger partial charge in [-0.15, -0.1) is 0 Å². The summed E-state index contributed by atoms with van der Waals surface area (Å²) in [5.41, 5.74) is 1.34. The maximum Gasteiger partial charge on any atom is 0.321 e. The van der Waals surface area contributed by atoms with Crippen LogP contribution in [0.15, 0.2) is 53.3 Å². The van der Waals surface area contributed by atoms with Crippen LogP contribution >= 0.6 is 0 Å². The molecule has 35 heavy (non-hydrogen) atoms. The first-order chi connectivity index (χ1) is 17.1. The van der Waals surface area contributed by atoms with Crippen molar-refractivity contribution in [3.63, 3.8) is 0 Å². The van der Waals surface area contributed by atoms with Crippen molar-refractivity contribution in [2.24, 2.45) is 5.92 Å². The molecular weight excluding hydrogens is 446 g/mol. The molecule has 0 aliphatic carbocycles. The van der Waals surface area contributed by atoms with Gasteiger partial charge in [0.2, 0.25) is 11.7 Å². The van der Waals surface area contributed by atoms with E-state index >= 15 is 0 Å². The Hall–Kier alpha value is -3.46. The fourth-order valence-corrected chi connectivity index (χ4v) is 5.01. The first-order valence-corrected chi connectivity index (χ1v) is 12.3. The number of amides is 2. The number of nitrogens with one attached hydrogen (secondary N) is 1. The number of anilines is 1. The van der Waals surface area contributed by atoms with Crippen LogP contribution in [0.1, 0.15) is 38.5 Å². The number of carbonyl (C=O) groups excluding carboxylic acids is 1. The highest BCUT2D eigenvalue weighted by Crippen LogP contribution is 2.39. The van der Waals surface area contributed by atoms with Gasteiger partial charge >= 0.3 is 6.03 Å². The Morgan fingerprint density at radius 1 is 1.23 bits per heavy atom. The van der Waals surface area contributed by atoms with Gasteiger partial charge < -0.3 is 24.2 Å². The molecule has 0 saturated carbocycles. The van der Waals surface area contributed by atoms with Crippen molar-refractivity contribution in [2.75, 3.05) is 31.6 Å². The number of hydrogen-bond acceptors (Lipinski definition) is 7. The molecule has 184 valence electrons. The maximum absolute atomic E-state index is 12.9. The van der Waals surface area contributed by atoms with Crippen molar-refractivity contribution in [3.05, 3.63) is 54.7 Å². The van der Waals surface area contributed by atoms with Gasteiger partial charge in [-0.25, -0.2) is 4.79 Å². The molecule has 2 saturated heterocycles. The van der Waals surface area contributed by atoms with Crippen LogP contribution in [0.4, 0.5) is 10.5 Å². The summed E-state index contributed by atoms with van der Waals surface area (Å²) >= 11 is 0. The van der Waals surface area contributed by atoms with Gasteiger partial charge in [0.25, 0.3) is 0 Å². The molecule has 3 aromatic rings. The van der Waals surface area contributed by atoms with E-state index < -0.39 is 0 Å². The quantitative estimate of drug-likeness (QED) is 0.555. The fourth-order valence-electron chi connectivity index (χ4n) is 5.01. The second-order valence-electron chi connectivity index (χ2n) is 9.19. The molecule has 2 aliphatic heterocycles.